The van der Waals surface area contributed by atoms with E-state index in [0.29, 0.717) is 0 Å². The monoisotopic (exact) mass is 216 g/mol. The first kappa shape index (κ1) is 11.4. The Morgan fingerprint density at radius 3 is 3.00 bits per heavy atom. The van der Waals surface area contributed by atoms with Crippen molar-refractivity contribution < 1.29 is 4.74 Å². The van der Waals surface area contributed by atoms with Crippen LogP contribution in [0.25, 0.3) is 0 Å². The van der Waals surface area contributed by atoms with Gasteiger partial charge in [0, 0.05) is 38.8 Å². The van der Waals surface area contributed by atoms with Crippen LogP contribution in [0.5, 0.6) is 0 Å². The fourth-order valence-electron chi connectivity index (χ4n) is 1.08. The average molecular weight is 216 g/mol. The summed E-state index contributed by atoms with van der Waals surface area (Å²) in [4.78, 5) is 2.15. The molecular weight excluding hydrogens is 200 g/mol. The average Bonchev–Trinajstić information content (AvgIpc) is 2.62. The van der Waals surface area contributed by atoms with Crippen molar-refractivity contribution in [2.45, 2.75) is 6.54 Å². The molecule has 6 heteroatoms. The third-order valence-corrected chi connectivity index (χ3v) is 2.67. The highest BCUT2D eigenvalue weighted by molar-refractivity contribution is 7.10. The summed E-state index contributed by atoms with van der Waals surface area (Å²) in [6.07, 6.45) is 0. The molecule has 0 radical (unpaired) electrons. The molecule has 0 aliphatic heterocycles. The molecule has 0 spiro atoms. The van der Waals surface area contributed by atoms with Gasteiger partial charge in [0.2, 0.25) is 0 Å². The fourth-order valence-corrected chi connectivity index (χ4v) is 1.61. The lowest BCUT2D eigenvalue weighted by molar-refractivity contribution is 0.158. The predicted molar refractivity (Wildman–Crippen MR) is 57.7 cm³/mol. The second-order valence-electron chi connectivity index (χ2n) is 3.03. The van der Waals surface area contributed by atoms with Gasteiger partial charge >= 0.3 is 0 Å². The molecule has 0 saturated carbocycles. The van der Waals surface area contributed by atoms with Crippen LogP contribution in [0, 0.1) is 0 Å². The molecule has 0 aromatic carbocycles. The summed E-state index contributed by atoms with van der Waals surface area (Å²) in [5.41, 5.74) is 0.996. The summed E-state index contributed by atoms with van der Waals surface area (Å²) in [5, 5.41) is 8.17. The van der Waals surface area contributed by atoms with Gasteiger partial charge in [-0.15, -0.1) is 5.10 Å². The number of nitrogens with zero attached hydrogens (tertiary/aromatic N) is 3. The molecule has 1 rings (SSSR count). The number of rotatable bonds is 6. The topological polar surface area (TPSA) is 50.3 Å². The Kier molecular flexibility index (Phi) is 4.78. The van der Waals surface area contributed by atoms with Crippen LogP contribution in [0.1, 0.15) is 5.69 Å². The quantitative estimate of drug-likeness (QED) is 0.757. The van der Waals surface area contributed by atoms with Crippen LogP contribution in [0.2, 0.25) is 0 Å². The van der Waals surface area contributed by atoms with E-state index in [2.05, 4.69) is 19.8 Å². The molecule has 1 aromatic rings. The van der Waals surface area contributed by atoms with E-state index in [1.807, 2.05) is 14.1 Å². The number of anilines is 1. The maximum atomic E-state index is 5.00. The maximum Gasteiger partial charge on any atom is 0.134 e. The lowest BCUT2D eigenvalue weighted by Crippen LogP contribution is -2.22. The van der Waals surface area contributed by atoms with Gasteiger partial charge in [-0.25, -0.2) is 0 Å². The van der Waals surface area contributed by atoms with E-state index in [1.54, 1.807) is 7.11 Å². The Bertz CT molecular complexity index is 266. The van der Waals surface area contributed by atoms with E-state index < -0.39 is 0 Å². The van der Waals surface area contributed by atoms with Gasteiger partial charge in [-0.1, -0.05) is 4.49 Å². The van der Waals surface area contributed by atoms with Gasteiger partial charge in [0.15, 0.2) is 0 Å². The molecule has 0 saturated heterocycles. The number of likely N-dealkylation sites (N-methyl/N-ethyl adjacent to an activating group) is 1. The van der Waals surface area contributed by atoms with Crippen LogP contribution < -0.4 is 5.32 Å². The van der Waals surface area contributed by atoms with E-state index in [4.69, 9.17) is 4.74 Å². The molecule has 0 aliphatic carbocycles. The molecule has 5 nitrogen and oxygen atoms in total. The molecule has 0 amide bonds. The van der Waals surface area contributed by atoms with Gasteiger partial charge in [-0.3, -0.25) is 4.90 Å². The normalized spacial score (nSPS) is 10.9. The van der Waals surface area contributed by atoms with Gasteiger partial charge in [0.1, 0.15) is 10.7 Å². The van der Waals surface area contributed by atoms with Crippen molar-refractivity contribution in [2.75, 3.05) is 39.7 Å². The smallest absolute Gasteiger partial charge is 0.134 e. The van der Waals surface area contributed by atoms with E-state index >= 15 is 0 Å². The molecule has 1 aromatic heterocycles. The molecule has 0 atom stereocenters. The number of methoxy groups -OCH3 is 1. The highest BCUT2D eigenvalue weighted by Gasteiger charge is 2.08. The largest absolute Gasteiger partial charge is 0.383 e. The molecule has 14 heavy (non-hydrogen) atoms. The third-order valence-electron chi connectivity index (χ3n) is 1.88. The van der Waals surface area contributed by atoms with Crippen molar-refractivity contribution in [3.8, 4) is 0 Å². The molecular formula is C8H16N4OS. The van der Waals surface area contributed by atoms with Crippen molar-refractivity contribution in [3.05, 3.63) is 5.69 Å². The predicted octanol–water partition coefficient (Wildman–Crippen LogP) is 0.658. The summed E-state index contributed by atoms with van der Waals surface area (Å²) in [7, 11) is 5.63. The minimum atomic E-state index is 0.739. The summed E-state index contributed by atoms with van der Waals surface area (Å²) < 4.78 is 8.90. The first-order valence-electron chi connectivity index (χ1n) is 4.44. The molecule has 1 heterocycles. The molecule has 80 valence electrons. The summed E-state index contributed by atoms with van der Waals surface area (Å²) >= 11 is 1.39. The third kappa shape index (κ3) is 3.21. The van der Waals surface area contributed by atoms with Gasteiger partial charge in [0.05, 0.1) is 6.61 Å². The lowest BCUT2D eigenvalue weighted by atomic mass is 10.4. The molecule has 0 fully saturated rings. The highest BCUT2D eigenvalue weighted by Crippen LogP contribution is 2.17. The van der Waals surface area contributed by atoms with E-state index in [0.717, 1.165) is 30.4 Å². The molecule has 0 unspecified atom stereocenters. The second kappa shape index (κ2) is 5.90. The maximum absolute atomic E-state index is 5.00. The van der Waals surface area contributed by atoms with Crippen molar-refractivity contribution in [1.82, 2.24) is 14.5 Å². The van der Waals surface area contributed by atoms with Crippen molar-refractivity contribution in [2.24, 2.45) is 0 Å². The minimum Gasteiger partial charge on any atom is -0.383 e. The number of hydrogen-bond donors (Lipinski definition) is 1. The zero-order valence-electron chi connectivity index (χ0n) is 8.78. The van der Waals surface area contributed by atoms with Crippen LogP contribution in [0.15, 0.2) is 0 Å². The van der Waals surface area contributed by atoms with Gasteiger partial charge in [-0.2, -0.15) is 0 Å². The summed E-state index contributed by atoms with van der Waals surface area (Å²) in [6.45, 7) is 2.44. The van der Waals surface area contributed by atoms with E-state index in [1.165, 1.54) is 11.5 Å². The van der Waals surface area contributed by atoms with Gasteiger partial charge in [-0.05, 0) is 7.05 Å². The minimum absolute atomic E-state index is 0.739. The Hall–Kier alpha value is -0.720. The Labute approximate surface area is 88.2 Å². The molecule has 0 bridgehead atoms. The van der Waals surface area contributed by atoms with Crippen LogP contribution in [0.4, 0.5) is 5.00 Å². The zero-order valence-corrected chi connectivity index (χ0v) is 9.60. The Morgan fingerprint density at radius 2 is 2.36 bits per heavy atom. The zero-order chi connectivity index (χ0) is 10.4. The second-order valence-corrected chi connectivity index (χ2v) is 3.78. The van der Waals surface area contributed by atoms with Crippen LogP contribution in [-0.2, 0) is 11.3 Å². The number of ether oxygens (including phenoxy) is 1. The SMILES string of the molecule is CNc1snnc1CN(C)CCOC. The van der Waals surface area contributed by atoms with Crippen molar-refractivity contribution >= 4 is 16.5 Å². The molecule has 0 aliphatic rings. The van der Waals surface area contributed by atoms with E-state index in [-0.39, 0.29) is 0 Å². The van der Waals surface area contributed by atoms with Crippen molar-refractivity contribution in [3.63, 3.8) is 0 Å². The van der Waals surface area contributed by atoms with Crippen molar-refractivity contribution in [1.29, 1.82) is 0 Å². The van der Waals surface area contributed by atoms with Crippen LogP contribution >= 0.6 is 11.5 Å². The first-order chi connectivity index (χ1) is 6.77. The fraction of sp³-hybridized carbons (Fsp3) is 0.750. The Morgan fingerprint density at radius 1 is 1.57 bits per heavy atom. The number of aromatic nitrogens is 2. The van der Waals surface area contributed by atoms with Gasteiger partial charge in [0.25, 0.3) is 0 Å². The van der Waals surface area contributed by atoms with Gasteiger partial charge < -0.3 is 10.1 Å². The van der Waals surface area contributed by atoms with E-state index in [9.17, 15) is 0 Å². The number of nitrogens with one attached hydrogen (secondary N) is 1. The summed E-state index contributed by atoms with van der Waals surface area (Å²) in [5.74, 6) is 0. The standard InChI is InChI=1S/C8H16N4OS/c1-9-8-7(10-11-14-8)6-12(2)4-5-13-3/h9H,4-6H2,1-3H3. The molecule has 1 N–H and O–H groups in total. The summed E-state index contributed by atoms with van der Waals surface area (Å²) in [6, 6.07) is 0. The van der Waals surface area contributed by atoms with Crippen LogP contribution in [0.3, 0.4) is 0 Å². The number of hydrogen-bond acceptors (Lipinski definition) is 6. The lowest BCUT2D eigenvalue weighted by Gasteiger charge is -2.14. The van der Waals surface area contributed by atoms with Crippen LogP contribution in [-0.4, -0.2) is 48.8 Å². The highest BCUT2D eigenvalue weighted by atomic mass is 32.1. The first-order valence-corrected chi connectivity index (χ1v) is 5.21. The Balaban J connectivity index is 2.42.